The summed E-state index contributed by atoms with van der Waals surface area (Å²) in [7, 11) is 2.35. The van der Waals surface area contributed by atoms with Gasteiger partial charge in [0.2, 0.25) is 5.91 Å². The molecule has 0 aliphatic heterocycles. The summed E-state index contributed by atoms with van der Waals surface area (Å²) in [5.74, 6) is -0.0421. The summed E-state index contributed by atoms with van der Waals surface area (Å²) in [6.07, 6.45) is 0.370. The smallest absolute Gasteiger partial charge is 0.228 e. The summed E-state index contributed by atoms with van der Waals surface area (Å²) < 4.78 is 0. The number of anilines is 1. The van der Waals surface area contributed by atoms with Crippen molar-refractivity contribution in [3.05, 3.63) is 29.8 Å². The molecule has 1 amide bonds. The summed E-state index contributed by atoms with van der Waals surface area (Å²) in [4.78, 5) is 11.0. The van der Waals surface area contributed by atoms with Crippen LogP contribution in [0.5, 0.6) is 0 Å². The third-order valence-corrected chi connectivity index (χ3v) is 2.04. The van der Waals surface area contributed by atoms with Gasteiger partial charge in [0.05, 0.1) is 0 Å². The van der Waals surface area contributed by atoms with Crippen molar-refractivity contribution in [2.75, 3.05) is 11.5 Å². The highest BCUT2D eigenvalue weighted by Crippen LogP contribution is 2.09. The Bertz CT molecular complexity index is 348. The van der Waals surface area contributed by atoms with Gasteiger partial charge in [-0.15, -0.1) is 9.24 Å². The number of rotatable bonds is 3. The molecule has 0 radical (unpaired) electrons. The molecule has 74 valence electrons. The third-order valence-electron chi connectivity index (χ3n) is 1.67. The minimum atomic E-state index is -0.0643. The van der Waals surface area contributed by atoms with Crippen LogP contribution in [0.4, 0.5) is 5.69 Å². The van der Waals surface area contributed by atoms with E-state index in [0.717, 1.165) is 0 Å². The lowest BCUT2D eigenvalue weighted by atomic mass is 10.2. The van der Waals surface area contributed by atoms with Crippen molar-refractivity contribution in [3.63, 3.8) is 0 Å². The van der Waals surface area contributed by atoms with E-state index in [9.17, 15) is 4.79 Å². The zero-order valence-electron chi connectivity index (χ0n) is 7.58. The number of nitrogen functional groups attached to an aromatic ring is 1. The average Bonchev–Trinajstić information content (AvgIpc) is 2.18. The van der Waals surface area contributed by atoms with Crippen molar-refractivity contribution >= 4 is 26.7 Å². The van der Waals surface area contributed by atoms with Crippen molar-refractivity contribution in [2.24, 2.45) is 5.73 Å². The van der Waals surface area contributed by atoms with E-state index in [4.69, 9.17) is 11.1 Å². The van der Waals surface area contributed by atoms with Gasteiger partial charge < -0.3 is 11.1 Å². The van der Waals surface area contributed by atoms with Gasteiger partial charge in [0, 0.05) is 17.4 Å². The summed E-state index contributed by atoms with van der Waals surface area (Å²) in [5, 5.41) is 9.86. The molecular formula is C9H12N3OP. The quantitative estimate of drug-likeness (QED) is 0.391. The zero-order chi connectivity index (χ0) is 10.6. The minimum Gasteiger partial charge on any atom is -0.384 e. The Morgan fingerprint density at radius 3 is 2.43 bits per heavy atom. The molecule has 0 saturated carbocycles. The Kier molecular flexibility index (Phi) is 3.60. The number of nitrogens with one attached hydrogen (secondary N) is 2. The highest BCUT2D eigenvalue weighted by atomic mass is 31.0. The van der Waals surface area contributed by atoms with Crippen molar-refractivity contribution in [2.45, 2.75) is 0 Å². The molecule has 14 heavy (non-hydrogen) atoms. The summed E-state index contributed by atoms with van der Waals surface area (Å²) >= 11 is 0. The number of amides is 1. The highest BCUT2D eigenvalue weighted by molar-refractivity contribution is 7.18. The lowest BCUT2D eigenvalue weighted by Gasteiger charge is -2.04. The van der Waals surface area contributed by atoms with E-state index < -0.39 is 0 Å². The molecule has 1 aromatic rings. The Hall–Kier alpha value is -1.41. The zero-order valence-corrected chi connectivity index (χ0v) is 8.73. The van der Waals surface area contributed by atoms with Crippen LogP contribution in [0.15, 0.2) is 24.3 Å². The molecule has 0 aromatic heterocycles. The Morgan fingerprint density at radius 1 is 1.43 bits per heavy atom. The molecule has 0 fully saturated rings. The second-order valence-corrected chi connectivity index (χ2v) is 3.15. The molecule has 0 bridgehead atoms. The van der Waals surface area contributed by atoms with Crippen LogP contribution in [0.3, 0.4) is 0 Å². The van der Waals surface area contributed by atoms with Crippen molar-refractivity contribution in [3.8, 4) is 0 Å². The fourth-order valence-electron chi connectivity index (χ4n) is 0.945. The van der Waals surface area contributed by atoms with Crippen molar-refractivity contribution < 1.29 is 4.79 Å². The van der Waals surface area contributed by atoms with Gasteiger partial charge in [-0.2, -0.15) is 0 Å². The number of hydrogen-bond acceptors (Lipinski definition) is 2. The molecule has 4 nitrogen and oxygen atoms in total. The van der Waals surface area contributed by atoms with Gasteiger partial charge in [0.15, 0.2) is 0 Å². The van der Waals surface area contributed by atoms with Crippen LogP contribution in [0, 0.1) is 5.41 Å². The van der Waals surface area contributed by atoms with E-state index in [2.05, 4.69) is 14.6 Å². The van der Waals surface area contributed by atoms with Gasteiger partial charge in [0.25, 0.3) is 0 Å². The Morgan fingerprint density at radius 2 is 2.00 bits per heavy atom. The molecule has 0 saturated heterocycles. The first-order valence-corrected chi connectivity index (χ1v) is 4.89. The number of amidine groups is 1. The van der Waals surface area contributed by atoms with Crippen molar-refractivity contribution in [1.29, 1.82) is 5.41 Å². The van der Waals surface area contributed by atoms with E-state index in [1.165, 1.54) is 0 Å². The molecular weight excluding hydrogens is 197 g/mol. The first kappa shape index (κ1) is 10.7. The van der Waals surface area contributed by atoms with Crippen LogP contribution in [0.2, 0.25) is 0 Å². The van der Waals surface area contributed by atoms with Gasteiger partial charge in [-0.3, -0.25) is 10.2 Å². The normalized spacial score (nSPS) is 9.50. The lowest BCUT2D eigenvalue weighted by molar-refractivity contribution is -0.113. The maximum atomic E-state index is 11.0. The fourth-order valence-corrected chi connectivity index (χ4v) is 1.05. The lowest BCUT2D eigenvalue weighted by Crippen LogP contribution is -2.13. The summed E-state index contributed by atoms with van der Waals surface area (Å²) in [6.45, 7) is 0. The minimum absolute atomic E-state index is 0.0222. The standard InChI is InChI=1S/C9H12N3OP/c10-9(11)6-1-3-7(4-2-6)12-8(13)5-14/h1-4H,5,14H2,(H3,10,11)(H,12,13). The number of nitrogens with two attached hydrogens (primary N) is 1. The van der Waals surface area contributed by atoms with Gasteiger partial charge in [-0.25, -0.2) is 0 Å². The van der Waals surface area contributed by atoms with Gasteiger partial charge >= 0.3 is 0 Å². The molecule has 0 heterocycles. The van der Waals surface area contributed by atoms with E-state index in [1.807, 2.05) is 0 Å². The molecule has 0 spiro atoms. The first-order valence-electron chi connectivity index (χ1n) is 4.08. The van der Waals surface area contributed by atoms with Crippen LogP contribution < -0.4 is 11.1 Å². The average molecular weight is 209 g/mol. The van der Waals surface area contributed by atoms with E-state index >= 15 is 0 Å². The number of carbonyl (C=O) groups is 1. The molecule has 4 N–H and O–H groups in total. The van der Waals surface area contributed by atoms with Crippen LogP contribution in [0.25, 0.3) is 0 Å². The molecule has 5 heteroatoms. The van der Waals surface area contributed by atoms with Crippen LogP contribution >= 0.6 is 9.24 Å². The largest absolute Gasteiger partial charge is 0.384 e. The summed E-state index contributed by atoms with van der Waals surface area (Å²) in [6, 6.07) is 6.82. The second kappa shape index (κ2) is 4.72. The topological polar surface area (TPSA) is 79.0 Å². The van der Waals surface area contributed by atoms with Crippen LogP contribution in [-0.2, 0) is 4.79 Å². The Labute approximate surface area is 84.6 Å². The highest BCUT2D eigenvalue weighted by Gasteiger charge is 1.99. The molecule has 1 atom stereocenters. The van der Waals surface area contributed by atoms with Gasteiger partial charge in [0.1, 0.15) is 5.84 Å². The van der Waals surface area contributed by atoms with Gasteiger partial charge in [-0.05, 0) is 24.3 Å². The third kappa shape index (κ3) is 2.82. The van der Waals surface area contributed by atoms with Gasteiger partial charge in [-0.1, -0.05) is 0 Å². The molecule has 0 aliphatic carbocycles. The van der Waals surface area contributed by atoms with Crippen LogP contribution in [0.1, 0.15) is 5.56 Å². The molecule has 1 rings (SSSR count). The maximum Gasteiger partial charge on any atom is 0.228 e. The molecule has 0 aliphatic rings. The molecule has 1 aromatic carbocycles. The van der Waals surface area contributed by atoms with E-state index in [1.54, 1.807) is 24.3 Å². The number of carbonyl (C=O) groups excluding carboxylic acids is 1. The Balaban J connectivity index is 2.73. The van der Waals surface area contributed by atoms with Crippen molar-refractivity contribution in [1.82, 2.24) is 0 Å². The second-order valence-electron chi connectivity index (χ2n) is 2.74. The first-order chi connectivity index (χ1) is 6.63. The monoisotopic (exact) mass is 209 g/mol. The summed E-state index contributed by atoms with van der Waals surface area (Å²) in [5.41, 5.74) is 6.64. The SMILES string of the molecule is N=C(N)c1ccc(NC(=O)CP)cc1. The maximum absolute atomic E-state index is 11.0. The van der Waals surface area contributed by atoms with E-state index in [-0.39, 0.29) is 11.7 Å². The predicted octanol–water partition coefficient (Wildman–Crippen LogP) is 0.784. The van der Waals surface area contributed by atoms with Crippen LogP contribution in [-0.4, -0.2) is 17.9 Å². The number of benzene rings is 1. The fraction of sp³-hybridized carbons (Fsp3) is 0.111. The number of hydrogen-bond donors (Lipinski definition) is 3. The molecule has 1 unspecified atom stereocenters. The predicted molar refractivity (Wildman–Crippen MR) is 60.7 cm³/mol. The van der Waals surface area contributed by atoms with E-state index in [0.29, 0.717) is 17.4 Å².